The van der Waals surface area contributed by atoms with Crippen LogP contribution in [0.5, 0.6) is 5.75 Å². The zero-order chi connectivity index (χ0) is 12.5. The molecule has 0 unspecified atom stereocenters. The molecule has 0 radical (unpaired) electrons. The van der Waals surface area contributed by atoms with E-state index in [2.05, 4.69) is 25.7 Å². The maximum absolute atomic E-state index is 12.5. The van der Waals surface area contributed by atoms with Crippen LogP contribution in [0, 0.1) is 0 Å². The summed E-state index contributed by atoms with van der Waals surface area (Å²) < 4.78 is 66.7. The summed E-state index contributed by atoms with van der Waals surface area (Å²) >= 11 is 2.79. The first-order valence-electron chi connectivity index (χ1n) is 3.86. The average molecular weight is 306 g/mol. The van der Waals surface area contributed by atoms with E-state index in [0.717, 1.165) is 13.3 Å². The van der Waals surface area contributed by atoms with Gasteiger partial charge in [0.1, 0.15) is 5.75 Å². The third kappa shape index (κ3) is 2.42. The highest BCUT2D eigenvalue weighted by atomic mass is 79.9. The Balaban J connectivity index is 3.52. The monoisotopic (exact) mass is 305 g/mol. The van der Waals surface area contributed by atoms with Gasteiger partial charge in [-0.1, -0.05) is 0 Å². The molecule has 0 spiro atoms. The Kier molecular flexibility index (Phi) is 3.72. The minimum Gasteiger partial charge on any atom is -0.495 e. The molecule has 0 N–H and O–H groups in total. The maximum atomic E-state index is 12.5. The SMILES string of the molecule is COc1c(Br)cnc(C(F)(F)F)c1C(F)F. The van der Waals surface area contributed by atoms with E-state index in [1.165, 1.54) is 0 Å². The molecule has 1 rings (SSSR count). The van der Waals surface area contributed by atoms with Crippen LogP contribution in [0.2, 0.25) is 0 Å². The lowest BCUT2D eigenvalue weighted by atomic mass is 10.1. The van der Waals surface area contributed by atoms with Crippen LogP contribution in [0.3, 0.4) is 0 Å². The standard InChI is InChI=1S/C8H5BrF5NO/c1-16-5-3(9)2-15-6(8(12,13)14)4(5)7(10)11/h2,7H,1H3. The summed E-state index contributed by atoms with van der Waals surface area (Å²) in [6.45, 7) is 0. The smallest absolute Gasteiger partial charge is 0.433 e. The number of methoxy groups -OCH3 is 1. The van der Waals surface area contributed by atoms with E-state index in [1.807, 2.05) is 0 Å². The molecule has 1 aromatic heterocycles. The summed E-state index contributed by atoms with van der Waals surface area (Å²) in [6.07, 6.45) is -7.50. The number of hydrogen-bond acceptors (Lipinski definition) is 2. The molecule has 0 aliphatic heterocycles. The predicted molar refractivity (Wildman–Crippen MR) is 48.4 cm³/mol. The number of hydrogen-bond donors (Lipinski definition) is 0. The maximum Gasteiger partial charge on any atom is 0.433 e. The highest BCUT2D eigenvalue weighted by Crippen LogP contribution is 2.42. The summed E-state index contributed by atoms with van der Waals surface area (Å²) in [6, 6.07) is 0. The van der Waals surface area contributed by atoms with Crippen LogP contribution in [0.4, 0.5) is 22.0 Å². The van der Waals surface area contributed by atoms with Gasteiger partial charge in [0.15, 0.2) is 5.69 Å². The first-order valence-corrected chi connectivity index (χ1v) is 4.66. The van der Waals surface area contributed by atoms with E-state index in [4.69, 9.17) is 0 Å². The molecule has 16 heavy (non-hydrogen) atoms. The molecule has 1 heterocycles. The largest absolute Gasteiger partial charge is 0.495 e. The van der Waals surface area contributed by atoms with E-state index in [-0.39, 0.29) is 4.47 Å². The van der Waals surface area contributed by atoms with Gasteiger partial charge in [-0.3, -0.25) is 0 Å². The third-order valence-corrected chi connectivity index (χ3v) is 2.28. The molecule has 0 saturated carbocycles. The van der Waals surface area contributed by atoms with Crippen molar-refractivity contribution in [3.8, 4) is 5.75 Å². The molecule has 0 fully saturated rings. The predicted octanol–water partition coefficient (Wildman–Crippen LogP) is 3.81. The van der Waals surface area contributed by atoms with E-state index < -0.39 is 29.6 Å². The van der Waals surface area contributed by atoms with E-state index in [9.17, 15) is 22.0 Å². The van der Waals surface area contributed by atoms with Crippen LogP contribution < -0.4 is 4.74 Å². The summed E-state index contributed by atoms with van der Waals surface area (Å²) in [7, 11) is 1.01. The van der Waals surface area contributed by atoms with Gasteiger partial charge in [0.25, 0.3) is 6.43 Å². The minimum absolute atomic E-state index is 0.0571. The van der Waals surface area contributed by atoms with Crippen molar-refractivity contribution >= 4 is 15.9 Å². The van der Waals surface area contributed by atoms with Crippen molar-refractivity contribution in [2.75, 3.05) is 7.11 Å². The number of aromatic nitrogens is 1. The number of halogens is 6. The molecule has 90 valence electrons. The Labute approximate surface area is 95.6 Å². The fourth-order valence-corrected chi connectivity index (χ4v) is 1.60. The van der Waals surface area contributed by atoms with Crippen LogP contribution >= 0.6 is 15.9 Å². The molecule has 0 aliphatic rings. The van der Waals surface area contributed by atoms with Crippen molar-refractivity contribution in [1.82, 2.24) is 4.98 Å². The van der Waals surface area contributed by atoms with E-state index >= 15 is 0 Å². The number of alkyl halides is 5. The van der Waals surface area contributed by atoms with Gasteiger partial charge in [-0.05, 0) is 15.9 Å². The van der Waals surface area contributed by atoms with Crippen LogP contribution in [-0.4, -0.2) is 12.1 Å². The summed E-state index contributed by atoms with van der Waals surface area (Å²) in [5.41, 5.74) is -2.90. The highest BCUT2D eigenvalue weighted by molar-refractivity contribution is 9.10. The molecule has 0 atom stereocenters. The van der Waals surface area contributed by atoms with Crippen LogP contribution in [-0.2, 0) is 6.18 Å². The fraction of sp³-hybridized carbons (Fsp3) is 0.375. The quantitative estimate of drug-likeness (QED) is 0.775. The lowest BCUT2D eigenvalue weighted by Gasteiger charge is -2.15. The molecule has 2 nitrogen and oxygen atoms in total. The molecule has 0 amide bonds. The zero-order valence-electron chi connectivity index (χ0n) is 7.78. The number of rotatable bonds is 2. The molecular formula is C8H5BrF5NO. The highest BCUT2D eigenvalue weighted by Gasteiger charge is 2.40. The van der Waals surface area contributed by atoms with Crippen LogP contribution in [0.15, 0.2) is 10.7 Å². The lowest BCUT2D eigenvalue weighted by molar-refractivity contribution is -0.143. The average Bonchev–Trinajstić information content (AvgIpc) is 2.14. The van der Waals surface area contributed by atoms with Crippen molar-refractivity contribution in [3.63, 3.8) is 0 Å². The second-order valence-corrected chi connectivity index (χ2v) is 3.55. The van der Waals surface area contributed by atoms with Crippen molar-refractivity contribution < 1.29 is 26.7 Å². The van der Waals surface area contributed by atoms with Gasteiger partial charge < -0.3 is 4.74 Å². The molecule has 8 heteroatoms. The molecule has 0 saturated heterocycles. The Morgan fingerprint density at radius 3 is 2.31 bits per heavy atom. The number of nitrogens with zero attached hydrogens (tertiary/aromatic N) is 1. The van der Waals surface area contributed by atoms with Gasteiger partial charge >= 0.3 is 6.18 Å². The van der Waals surface area contributed by atoms with Crippen molar-refractivity contribution in [2.24, 2.45) is 0 Å². The Bertz CT molecular complexity index is 393. The lowest BCUT2D eigenvalue weighted by Crippen LogP contribution is -2.13. The normalized spacial score (nSPS) is 12.0. The molecule has 0 bridgehead atoms. The first kappa shape index (κ1) is 13.1. The Hall–Kier alpha value is -0.920. The molecule has 0 aliphatic carbocycles. The van der Waals surface area contributed by atoms with Gasteiger partial charge in [0, 0.05) is 6.20 Å². The van der Waals surface area contributed by atoms with Gasteiger partial charge in [-0.25, -0.2) is 13.8 Å². The third-order valence-electron chi connectivity index (χ3n) is 1.71. The van der Waals surface area contributed by atoms with Gasteiger partial charge in [-0.15, -0.1) is 0 Å². The fourth-order valence-electron chi connectivity index (χ4n) is 1.12. The molecule has 1 aromatic rings. The number of ether oxygens (including phenoxy) is 1. The van der Waals surface area contributed by atoms with Crippen molar-refractivity contribution in [2.45, 2.75) is 12.6 Å². The van der Waals surface area contributed by atoms with Crippen molar-refractivity contribution in [3.05, 3.63) is 21.9 Å². The van der Waals surface area contributed by atoms with Crippen LogP contribution in [0.25, 0.3) is 0 Å². The van der Waals surface area contributed by atoms with Crippen LogP contribution in [0.1, 0.15) is 17.7 Å². The Morgan fingerprint density at radius 2 is 1.94 bits per heavy atom. The van der Waals surface area contributed by atoms with Gasteiger partial charge in [0.2, 0.25) is 0 Å². The van der Waals surface area contributed by atoms with E-state index in [1.54, 1.807) is 0 Å². The van der Waals surface area contributed by atoms with Crippen molar-refractivity contribution in [1.29, 1.82) is 0 Å². The second kappa shape index (κ2) is 4.52. The summed E-state index contributed by atoms with van der Waals surface area (Å²) in [4.78, 5) is 2.95. The van der Waals surface area contributed by atoms with E-state index in [0.29, 0.717) is 0 Å². The van der Waals surface area contributed by atoms with Gasteiger partial charge in [0.05, 0.1) is 17.1 Å². The summed E-state index contributed by atoms with van der Waals surface area (Å²) in [5.74, 6) is -0.558. The molecular weight excluding hydrogens is 301 g/mol. The minimum atomic E-state index is -4.94. The molecule has 0 aromatic carbocycles. The first-order chi connectivity index (χ1) is 7.29. The van der Waals surface area contributed by atoms with Gasteiger partial charge in [-0.2, -0.15) is 13.2 Å². The summed E-state index contributed by atoms with van der Waals surface area (Å²) in [5, 5.41) is 0. The second-order valence-electron chi connectivity index (χ2n) is 2.70. The number of pyridine rings is 1. The Morgan fingerprint density at radius 1 is 1.38 bits per heavy atom. The topological polar surface area (TPSA) is 22.1 Å². The zero-order valence-corrected chi connectivity index (χ0v) is 9.36.